The van der Waals surface area contributed by atoms with Gasteiger partial charge in [-0.2, -0.15) is 0 Å². The Balaban J connectivity index is 1.92. The van der Waals surface area contributed by atoms with Crippen molar-refractivity contribution in [1.82, 2.24) is 0 Å². The number of rotatable bonds is 6. The lowest BCUT2D eigenvalue weighted by atomic mass is 10.2. The predicted molar refractivity (Wildman–Crippen MR) is 82.7 cm³/mol. The number of esters is 1. The molecule has 0 radical (unpaired) electrons. The molecule has 0 saturated heterocycles. The SMILES string of the molecule is C[C@H](Nc1ccc(C(=O)OCc2ccccc2)cc1)C(=O)O. The average molecular weight is 299 g/mol. The summed E-state index contributed by atoms with van der Waals surface area (Å²) in [4.78, 5) is 22.7. The first-order valence-electron chi connectivity index (χ1n) is 6.86. The Morgan fingerprint density at radius 3 is 2.32 bits per heavy atom. The van der Waals surface area contributed by atoms with Gasteiger partial charge in [0, 0.05) is 5.69 Å². The van der Waals surface area contributed by atoms with Crippen molar-refractivity contribution < 1.29 is 19.4 Å². The second kappa shape index (κ2) is 7.26. The third-order valence-corrected chi connectivity index (χ3v) is 3.09. The fourth-order valence-electron chi connectivity index (χ4n) is 1.82. The number of carboxylic acid groups (broad SMARTS) is 1. The molecule has 1 atom stereocenters. The molecule has 2 aromatic rings. The summed E-state index contributed by atoms with van der Waals surface area (Å²) in [5.41, 5.74) is 1.98. The fraction of sp³-hybridized carbons (Fsp3) is 0.176. The Morgan fingerprint density at radius 1 is 1.09 bits per heavy atom. The van der Waals surface area contributed by atoms with Crippen LogP contribution >= 0.6 is 0 Å². The lowest BCUT2D eigenvalue weighted by Crippen LogP contribution is -2.25. The summed E-state index contributed by atoms with van der Waals surface area (Å²) < 4.78 is 5.22. The highest BCUT2D eigenvalue weighted by atomic mass is 16.5. The van der Waals surface area contributed by atoms with Crippen molar-refractivity contribution in [3.05, 3.63) is 65.7 Å². The van der Waals surface area contributed by atoms with E-state index in [0.29, 0.717) is 11.3 Å². The van der Waals surface area contributed by atoms with Gasteiger partial charge in [-0.15, -0.1) is 0 Å². The average Bonchev–Trinajstić information content (AvgIpc) is 2.54. The Labute approximate surface area is 128 Å². The number of aliphatic carboxylic acids is 1. The standard InChI is InChI=1S/C17H17NO4/c1-12(16(19)20)18-15-9-7-14(8-10-15)17(21)22-11-13-5-3-2-4-6-13/h2-10,12,18H,11H2,1H3,(H,19,20)/t12-/m0/s1. The van der Waals surface area contributed by atoms with Crippen LogP contribution in [0.3, 0.4) is 0 Å². The maximum Gasteiger partial charge on any atom is 0.338 e. The predicted octanol–water partition coefficient (Wildman–Crippen LogP) is 2.93. The van der Waals surface area contributed by atoms with Crippen molar-refractivity contribution in [2.45, 2.75) is 19.6 Å². The molecule has 2 N–H and O–H groups in total. The number of carbonyl (C=O) groups is 2. The molecule has 5 nitrogen and oxygen atoms in total. The Bertz CT molecular complexity index is 637. The van der Waals surface area contributed by atoms with Gasteiger partial charge in [0.1, 0.15) is 12.6 Å². The van der Waals surface area contributed by atoms with E-state index in [1.807, 2.05) is 30.3 Å². The van der Waals surface area contributed by atoms with Gasteiger partial charge in [0.2, 0.25) is 0 Å². The van der Waals surface area contributed by atoms with Gasteiger partial charge in [0.15, 0.2) is 0 Å². The molecule has 0 aliphatic rings. The van der Waals surface area contributed by atoms with Crippen molar-refractivity contribution in [2.75, 3.05) is 5.32 Å². The minimum atomic E-state index is -0.939. The van der Waals surface area contributed by atoms with Gasteiger partial charge in [-0.25, -0.2) is 4.79 Å². The third-order valence-electron chi connectivity index (χ3n) is 3.09. The number of hydrogen-bond donors (Lipinski definition) is 2. The fourth-order valence-corrected chi connectivity index (χ4v) is 1.82. The van der Waals surface area contributed by atoms with Gasteiger partial charge >= 0.3 is 11.9 Å². The summed E-state index contributed by atoms with van der Waals surface area (Å²) in [5, 5.41) is 11.6. The summed E-state index contributed by atoms with van der Waals surface area (Å²) in [6.45, 7) is 1.76. The minimum absolute atomic E-state index is 0.218. The van der Waals surface area contributed by atoms with Crippen LogP contribution in [0, 0.1) is 0 Å². The Morgan fingerprint density at radius 2 is 1.73 bits per heavy atom. The second-order valence-electron chi connectivity index (χ2n) is 4.84. The molecule has 0 aliphatic heterocycles. The first-order chi connectivity index (χ1) is 10.6. The second-order valence-corrected chi connectivity index (χ2v) is 4.84. The molecule has 0 aromatic heterocycles. The van der Waals surface area contributed by atoms with Crippen LogP contribution < -0.4 is 5.32 Å². The number of ether oxygens (including phenoxy) is 1. The normalized spacial score (nSPS) is 11.5. The van der Waals surface area contributed by atoms with Crippen molar-refractivity contribution in [2.24, 2.45) is 0 Å². The number of nitrogens with one attached hydrogen (secondary N) is 1. The van der Waals surface area contributed by atoms with Gasteiger partial charge in [-0.1, -0.05) is 30.3 Å². The topological polar surface area (TPSA) is 75.6 Å². The van der Waals surface area contributed by atoms with E-state index < -0.39 is 18.0 Å². The highest BCUT2D eigenvalue weighted by Crippen LogP contribution is 2.12. The molecule has 0 bridgehead atoms. The van der Waals surface area contributed by atoms with Crippen LogP contribution in [0.4, 0.5) is 5.69 Å². The van der Waals surface area contributed by atoms with Crippen LogP contribution in [0.15, 0.2) is 54.6 Å². The minimum Gasteiger partial charge on any atom is -0.480 e. The molecule has 2 aromatic carbocycles. The van der Waals surface area contributed by atoms with Crippen LogP contribution in [0.25, 0.3) is 0 Å². The zero-order chi connectivity index (χ0) is 15.9. The molecule has 5 heteroatoms. The van der Waals surface area contributed by atoms with E-state index >= 15 is 0 Å². The lowest BCUT2D eigenvalue weighted by Gasteiger charge is -2.11. The monoisotopic (exact) mass is 299 g/mol. The quantitative estimate of drug-likeness (QED) is 0.802. The van der Waals surface area contributed by atoms with Gasteiger partial charge in [0.25, 0.3) is 0 Å². The first-order valence-corrected chi connectivity index (χ1v) is 6.86. The highest BCUT2D eigenvalue weighted by Gasteiger charge is 2.11. The number of anilines is 1. The Hall–Kier alpha value is -2.82. The number of hydrogen-bond acceptors (Lipinski definition) is 4. The molecule has 22 heavy (non-hydrogen) atoms. The van der Waals surface area contributed by atoms with E-state index in [1.54, 1.807) is 31.2 Å². The number of benzene rings is 2. The summed E-state index contributed by atoms with van der Waals surface area (Å²) in [6.07, 6.45) is 0. The van der Waals surface area contributed by atoms with Crippen LogP contribution in [-0.2, 0) is 16.1 Å². The zero-order valence-electron chi connectivity index (χ0n) is 12.2. The Kier molecular flexibility index (Phi) is 5.14. The van der Waals surface area contributed by atoms with Crippen molar-refractivity contribution in [3.8, 4) is 0 Å². The summed E-state index contributed by atoms with van der Waals surface area (Å²) in [5.74, 6) is -1.35. The van der Waals surface area contributed by atoms with Gasteiger partial charge < -0.3 is 15.2 Å². The van der Waals surface area contributed by atoms with E-state index in [2.05, 4.69) is 5.32 Å². The largest absolute Gasteiger partial charge is 0.480 e. The van der Waals surface area contributed by atoms with Crippen LogP contribution in [0.1, 0.15) is 22.8 Å². The van der Waals surface area contributed by atoms with E-state index in [4.69, 9.17) is 9.84 Å². The van der Waals surface area contributed by atoms with E-state index in [1.165, 1.54) is 0 Å². The van der Waals surface area contributed by atoms with Crippen molar-refractivity contribution in [1.29, 1.82) is 0 Å². The molecule has 2 rings (SSSR count). The third kappa shape index (κ3) is 4.34. The zero-order valence-corrected chi connectivity index (χ0v) is 12.2. The summed E-state index contributed by atoms with van der Waals surface area (Å²) in [7, 11) is 0. The number of carbonyl (C=O) groups excluding carboxylic acids is 1. The van der Waals surface area contributed by atoms with Crippen LogP contribution in [-0.4, -0.2) is 23.1 Å². The molecule has 114 valence electrons. The number of carboxylic acids is 1. The van der Waals surface area contributed by atoms with E-state index in [0.717, 1.165) is 5.56 Å². The van der Waals surface area contributed by atoms with E-state index in [9.17, 15) is 9.59 Å². The maximum atomic E-state index is 11.9. The molecule has 0 aliphatic carbocycles. The maximum absolute atomic E-state index is 11.9. The summed E-state index contributed by atoms with van der Waals surface area (Å²) in [6, 6.07) is 15.2. The molecular formula is C17H17NO4. The van der Waals surface area contributed by atoms with Crippen molar-refractivity contribution >= 4 is 17.6 Å². The molecular weight excluding hydrogens is 282 g/mol. The smallest absolute Gasteiger partial charge is 0.338 e. The molecule has 0 heterocycles. The summed E-state index contributed by atoms with van der Waals surface area (Å²) >= 11 is 0. The van der Waals surface area contributed by atoms with E-state index in [-0.39, 0.29) is 6.61 Å². The molecule has 0 amide bonds. The molecule has 0 unspecified atom stereocenters. The molecule has 0 spiro atoms. The van der Waals surface area contributed by atoms with Gasteiger partial charge in [-0.3, -0.25) is 4.79 Å². The first kappa shape index (κ1) is 15.6. The lowest BCUT2D eigenvalue weighted by molar-refractivity contribution is -0.137. The van der Waals surface area contributed by atoms with Crippen LogP contribution in [0.5, 0.6) is 0 Å². The van der Waals surface area contributed by atoms with Crippen molar-refractivity contribution in [3.63, 3.8) is 0 Å². The van der Waals surface area contributed by atoms with Crippen LogP contribution in [0.2, 0.25) is 0 Å². The molecule has 0 fully saturated rings. The molecule has 0 saturated carbocycles. The van der Waals surface area contributed by atoms with Gasteiger partial charge in [-0.05, 0) is 36.8 Å². The highest BCUT2D eigenvalue weighted by molar-refractivity contribution is 5.90. The van der Waals surface area contributed by atoms with Gasteiger partial charge in [0.05, 0.1) is 5.56 Å².